The van der Waals surface area contributed by atoms with Crippen molar-refractivity contribution in [2.24, 2.45) is 0 Å². The van der Waals surface area contributed by atoms with Crippen LogP contribution in [0.15, 0.2) is 0 Å². The first kappa shape index (κ1) is 20.6. The van der Waals surface area contributed by atoms with Crippen LogP contribution in [0.1, 0.15) is 40.0 Å². The molecule has 27 heavy (non-hydrogen) atoms. The van der Waals surface area contributed by atoms with E-state index < -0.39 is 0 Å². The maximum atomic E-state index is 12.9. The predicted molar refractivity (Wildman–Crippen MR) is 104 cm³/mol. The summed E-state index contributed by atoms with van der Waals surface area (Å²) < 4.78 is 5.74. The minimum absolute atomic E-state index is 0.0996. The normalized spacial score (nSPS) is 29.6. The Morgan fingerprint density at radius 2 is 1.48 bits per heavy atom. The quantitative estimate of drug-likeness (QED) is 0.717. The van der Waals surface area contributed by atoms with Crippen molar-refractivity contribution in [2.75, 3.05) is 58.9 Å². The van der Waals surface area contributed by atoms with Gasteiger partial charge in [-0.1, -0.05) is 0 Å². The van der Waals surface area contributed by atoms with Crippen molar-refractivity contribution in [2.45, 2.75) is 58.3 Å². The van der Waals surface area contributed by atoms with Gasteiger partial charge in [-0.2, -0.15) is 0 Å². The smallest absolute Gasteiger partial charge is 0.239 e. The summed E-state index contributed by atoms with van der Waals surface area (Å²) in [4.78, 5) is 33.8. The Hall–Kier alpha value is -1.18. The Morgan fingerprint density at radius 3 is 2.07 bits per heavy atom. The van der Waals surface area contributed by atoms with E-state index in [0.717, 1.165) is 52.1 Å². The zero-order valence-electron chi connectivity index (χ0n) is 17.2. The molecule has 0 bridgehead atoms. The molecule has 7 heteroatoms. The summed E-state index contributed by atoms with van der Waals surface area (Å²) in [5.41, 5.74) is 0. The van der Waals surface area contributed by atoms with E-state index in [1.807, 2.05) is 30.6 Å². The summed E-state index contributed by atoms with van der Waals surface area (Å²) in [5, 5.41) is 0. The van der Waals surface area contributed by atoms with Crippen LogP contribution < -0.4 is 0 Å². The number of carbonyl (C=O) groups is 2. The monoisotopic (exact) mass is 380 g/mol. The topological polar surface area (TPSA) is 56.3 Å². The second kappa shape index (κ2) is 9.34. The number of amides is 2. The molecule has 0 N–H and O–H groups in total. The molecule has 0 saturated carbocycles. The molecular weight excluding hydrogens is 344 g/mol. The van der Waals surface area contributed by atoms with Crippen molar-refractivity contribution < 1.29 is 14.3 Å². The lowest BCUT2D eigenvalue weighted by atomic mass is 10.1. The first-order valence-electron chi connectivity index (χ1n) is 10.6. The molecule has 3 heterocycles. The first-order chi connectivity index (χ1) is 12.9. The molecule has 154 valence electrons. The third-order valence-electron chi connectivity index (χ3n) is 6.11. The summed E-state index contributed by atoms with van der Waals surface area (Å²) in [6.07, 6.45) is 3.72. The molecule has 7 nitrogen and oxygen atoms in total. The molecule has 0 radical (unpaired) electrons. The van der Waals surface area contributed by atoms with Crippen molar-refractivity contribution >= 4 is 11.8 Å². The maximum Gasteiger partial charge on any atom is 0.239 e. The van der Waals surface area contributed by atoms with Gasteiger partial charge in [0.1, 0.15) is 0 Å². The van der Waals surface area contributed by atoms with Gasteiger partial charge in [0.25, 0.3) is 0 Å². The number of morpholine rings is 1. The second-order valence-corrected chi connectivity index (χ2v) is 8.43. The van der Waals surface area contributed by atoms with Gasteiger partial charge in [0, 0.05) is 52.4 Å². The molecule has 2 amide bonds. The van der Waals surface area contributed by atoms with E-state index in [2.05, 4.69) is 9.80 Å². The van der Waals surface area contributed by atoms with Crippen LogP contribution in [0.25, 0.3) is 0 Å². The highest BCUT2D eigenvalue weighted by Crippen LogP contribution is 2.15. The molecule has 0 aliphatic carbocycles. The fourth-order valence-corrected chi connectivity index (χ4v) is 4.52. The summed E-state index contributed by atoms with van der Waals surface area (Å²) >= 11 is 0. The Labute approximate surface area is 163 Å². The largest absolute Gasteiger partial charge is 0.372 e. The molecule has 0 aromatic carbocycles. The molecule has 3 saturated heterocycles. The molecule has 3 aliphatic heterocycles. The minimum Gasteiger partial charge on any atom is -0.372 e. The van der Waals surface area contributed by atoms with Crippen molar-refractivity contribution in [1.29, 1.82) is 0 Å². The molecule has 0 spiro atoms. The van der Waals surface area contributed by atoms with E-state index in [9.17, 15) is 9.59 Å². The first-order valence-corrected chi connectivity index (χ1v) is 10.6. The van der Waals surface area contributed by atoms with E-state index >= 15 is 0 Å². The SMILES string of the molecule is CC1CN(C(=O)C(C)N2CCN(CC(=O)N3CCCCC3)CC2)CC(C)O1. The zero-order valence-corrected chi connectivity index (χ0v) is 17.2. The van der Waals surface area contributed by atoms with Gasteiger partial charge in [0.15, 0.2) is 0 Å². The van der Waals surface area contributed by atoms with Crippen molar-refractivity contribution in [1.82, 2.24) is 19.6 Å². The Balaban J connectivity index is 1.44. The van der Waals surface area contributed by atoms with Crippen LogP contribution in [0, 0.1) is 0 Å². The minimum atomic E-state index is -0.109. The van der Waals surface area contributed by atoms with E-state index in [1.54, 1.807) is 0 Å². The lowest BCUT2D eigenvalue weighted by molar-refractivity contribution is -0.149. The van der Waals surface area contributed by atoms with Crippen LogP contribution in [0.2, 0.25) is 0 Å². The summed E-state index contributed by atoms with van der Waals surface area (Å²) in [6.45, 7) is 13.2. The molecular formula is C20H36N4O3. The fraction of sp³-hybridized carbons (Fsp3) is 0.900. The number of piperidine rings is 1. The summed E-state index contributed by atoms with van der Waals surface area (Å²) in [7, 11) is 0. The number of nitrogens with zero attached hydrogens (tertiary/aromatic N) is 4. The lowest BCUT2D eigenvalue weighted by Gasteiger charge is -2.41. The van der Waals surface area contributed by atoms with Gasteiger partial charge in [-0.05, 0) is 40.0 Å². The highest BCUT2D eigenvalue weighted by atomic mass is 16.5. The molecule has 3 fully saturated rings. The maximum absolute atomic E-state index is 12.9. The number of piperazine rings is 1. The zero-order chi connectivity index (χ0) is 19.4. The average Bonchev–Trinajstić information content (AvgIpc) is 2.67. The Morgan fingerprint density at radius 1 is 0.889 bits per heavy atom. The number of likely N-dealkylation sites (tertiary alicyclic amines) is 1. The standard InChI is InChI=1S/C20H36N4O3/c1-16-13-24(14-17(2)27-16)20(26)18(3)22-11-9-21(10-12-22)15-19(25)23-7-5-4-6-8-23/h16-18H,4-15H2,1-3H3. The van der Waals surface area contributed by atoms with Gasteiger partial charge in [0.05, 0.1) is 24.8 Å². The number of ether oxygens (including phenoxy) is 1. The van der Waals surface area contributed by atoms with Gasteiger partial charge < -0.3 is 14.5 Å². The van der Waals surface area contributed by atoms with Gasteiger partial charge in [-0.15, -0.1) is 0 Å². The van der Waals surface area contributed by atoms with Gasteiger partial charge >= 0.3 is 0 Å². The van der Waals surface area contributed by atoms with Crippen LogP contribution in [-0.2, 0) is 14.3 Å². The number of rotatable bonds is 4. The Bertz CT molecular complexity index is 505. The summed E-state index contributed by atoms with van der Waals surface area (Å²) in [5.74, 6) is 0.471. The lowest BCUT2D eigenvalue weighted by Crippen LogP contribution is -2.58. The van der Waals surface area contributed by atoms with Crippen molar-refractivity contribution in [3.05, 3.63) is 0 Å². The van der Waals surface area contributed by atoms with Crippen molar-refractivity contribution in [3.63, 3.8) is 0 Å². The van der Waals surface area contributed by atoms with E-state index in [4.69, 9.17) is 4.74 Å². The molecule has 3 aliphatic rings. The van der Waals surface area contributed by atoms with E-state index in [0.29, 0.717) is 19.6 Å². The molecule has 3 rings (SSSR count). The van der Waals surface area contributed by atoms with Gasteiger partial charge in [-0.3, -0.25) is 19.4 Å². The van der Waals surface area contributed by atoms with Crippen LogP contribution in [0.3, 0.4) is 0 Å². The van der Waals surface area contributed by atoms with Crippen molar-refractivity contribution in [3.8, 4) is 0 Å². The van der Waals surface area contributed by atoms with Crippen LogP contribution in [0.4, 0.5) is 0 Å². The summed E-state index contributed by atoms with van der Waals surface area (Å²) in [6, 6.07) is -0.109. The third kappa shape index (κ3) is 5.42. The average molecular weight is 381 g/mol. The Kier molecular flexibility index (Phi) is 7.11. The van der Waals surface area contributed by atoms with Gasteiger partial charge in [0.2, 0.25) is 11.8 Å². The molecule has 3 atom stereocenters. The molecule has 0 aromatic rings. The second-order valence-electron chi connectivity index (χ2n) is 8.43. The predicted octanol–water partition coefficient (Wildman–Crippen LogP) is 0.641. The molecule has 3 unspecified atom stereocenters. The highest BCUT2D eigenvalue weighted by molar-refractivity contribution is 5.81. The van der Waals surface area contributed by atoms with E-state index in [1.165, 1.54) is 6.42 Å². The third-order valence-corrected chi connectivity index (χ3v) is 6.11. The number of hydrogen-bond acceptors (Lipinski definition) is 5. The highest BCUT2D eigenvalue weighted by Gasteiger charge is 2.33. The van der Waals surface area contributed by atoms with Crippen LogP contribution >= 0.6 is 0 Å². The van der Waals surface area contributed by atoms with Crippen LogP contribution in [0.5, 0.6) is 0 Å². The number of hydrogen-bond donors (Lipinski definition) is 0. The van der Waals surface area contributed by atoms with Gasteiger partial charge in [-0.25, -0.2) is 0 Å². The van der Waals surface area contributed by atoms with Crippen LogP contribution in [-0.4, -0.2) is 109 Å². The van der Waals surface area contributed by atoms with E-state index in [-0.39, 0.29) is 30.1 Å². The number of carbonyl (C=O) groups excluding carboxylic acids is 2. The molecule has 0 aromatic heterocycles. The fourth-order valence-electron chi connectivity index (χ4n) is 4.52.